The molecule has 0 aliphatic rings. The topological polar surface area (TPSA) is 30.0 Å². The normalized spacial score (nSPS) is 11.4. The Balaban J connectivity index is 3.01. The molecular weight excluding hydrogens is 207 g/mol. The van der Waals surface area contributed by atoms with E-state index in [0.29, 0.717) is 6.20 Å². The molecule has 0 spiro atoms. The lowest BCUT2D eigenvalue weighted by atomic mass is 10.2. The second kappa shape index (κ2) is 3.33. The molecule has 2 nitrogen and oxygen atoms in total. The summed E-state index contributed by atoms with van der Waals surface area (Å²) in [5.74, 6) is 0. The van der Waals surface area contributed by atoms with Gasteiger partial charge in [-0.3, -0.25) is 9.78 Å². The summed E-state index contributed by atoms with van der Waals surface area (Å²) in [5, 5.41) is -0.881. The van der Waals surface area contributed by atoms with E-state index in [9.17, 15) is 18.0 Å². The summed E-state index contributed by atoms with van der Waals surface area (Å²) in [6, 6.07) is 1.68. The van der Waals surface area contributed by atoms with Gasteiger partial charge < -0.3 is 0 Å². The highest BCUT2D eigenvalue weighted by molar-refractivity contribution is 6.67. The zero-order valence-corrected chi connectivity index (χ0v) is 6.86. The molecule has 1 rings (SSSR count). The monoisotopic (exact) mass is 209 g/mol. The first-order valence-corrected chi connectivity index (χ1v) is 3.52. The van der Waals surface area contributed by atoms with Gasteiger partial charge in [0.2, 0.25) is 0 Å². The molecule has 0 aliphatic carbocycles. The third-order valence-corrected chi connectivity index (χ3v) is 1.49. The quantitative estimate of drug-likeness (QED) is 0.665. The Kier molecular flexibility index (Phi) is 2.56. The van der Waals surface area contributed by atoms with Crippen molar-refractivity contribution in [2.45, 2.75) is 6.18 Å². The van der Waals surface area contributed by atoms with Crippen LogP contribution in [-0.4, -0.2) is 10.2 Å². The molecule has 13 heavy (non-hydrogen) atoms. The predicted molar refractivity (Wildman–Crippen MR) is 39.4 cm³/mol. The van der Waals surface area contributed by atoms with Crippen molar-refractivity contribution >= 4 is 16.8 Å². The molecular formula is C7H3ClF3NO. The number of carbonyl (C=O) groups excluding carboxylic acids is 1. The minimum Gasteiger partial charge on any atom is -0.274 e. The number of pyridine rings is 1. The molecule has 6 heteroatoms. The summed E-state index contributed by atoms with van der Waals surface area (Å²) >= 11 is 4.99. The Bertz CT molecular complexity index is 320. The third-order valence-electron chi connectivity index (χ3n) is 1.29. The smallest absolute Gasteiger partial charge is 0.274 e. The van der Waals surface area contributed by atoms with E-state index in [1.807, 2.05) is 0 Å². The minimum atomic E-state index is -4.44. The van der Waals surface area contributed by atoms with E-state index in [0.717, 1.165) is 12.1 Å². The lowest BCUT2D eigenvalue weighted by molar-refractivity contribution is -0.137. The molecule has 0 aromatic carbocycles. The van der Waals surface area contributed by atoms with Crippen LogP contribution in [0.3, 0.4) is 0 Å². The van der Waals surface area contributed by atoms with Gasteiger partial charge in [0.25, 0.3) is 5.24 Å². The average Bonchev–Trinajstić information content (AvgIpc) is 2.03. The fourth-order valence-corrected chi connectivity index (χ4v) is 0.790. The maximum absolute atomic E-state index is 12.0. The predicted octanol–water partition coefficient (Wildman–Crippen LogP) is 2.48. The van der Waals surface area contributed by atoms with Gasteiger partial charge in [0.15, 0.2) is 0 Å². The number of aromatic nitrogens is 1. The minimum absolute atomic E-state index is 0.199. The van der Waals surface area contributed by atoms with E-state index in [2.05, 4.69) is 4.98 Å². The van der Waals surface area contributed by atoms with E-state index in [1.54, 1.807) is 0 Å². The van der Waals surface area contributed by atoms with Crippen LogP contribution in [0.1, 0.15) is 16.1 Å². The molecule has 1 aromatic heterocycles. The molecule has 0 radical (unpaired) electrons. The van der Waals surface area contributed by atoms with Crippen LogP contribution >= 0.6 is 11.6 Å². The van der Waals surface area contributed by atoms with Crippen LogP contribution in [0.5, 0.6) is 0 Å². The average molecular weight is 210 g/mol. The maximum Gasteiger partial charge on any atom is 0.417 e. The molecule has 1 heterocycles. The van der Waals surface area contributed by atoms with Crippen molar-refractivity contribution in [3.05, 3.63) is 29.6 Å². The summed E-state index contributed by atoms with van der Waals surface area (Å²) in [5.41, 5.74) is -1.11. The van der Waals surface area contributed by atoms with Crippen molar-refractivity contribution in [1.82, 2.24) is 4.98 Å². The number of halogens is 4. The molecule has 0 saturated carbocycles. The first-order valence-electron chi connectivity index (χ1n) is 3.14. The first-order chi connectivity index (χ1) is 5.91. The number of carbonyl (C=O) groups is 1. The summed E-state index contributed by atoms with van der Waals surface area (Å²) in [7, 11) is 0. The van der Waals surface area contributed by atoms with Crippen molar-refractivity contribution in [1.29, 1.82) is 0 Å². The SMILES string of the molecule is O=C(Cl)c1ccc(C(F)(F)F)cn1. The number of hydrogen-bond donors (Lipinski definition) is 0. The Morgan fingerprint density at radius 1 is 1.38 bits per heavy atom. The molecule has 0 aliphatic heterocycles. The second-order valence-electron chi connectivity index (χ2n) is 2.20. The van der Waals surface area contributed by atoms with Crippen molar-refractivity contribution in [3.8, 4) is 0 Å². The molecule has 0 N–H and O–H groups in total. The van der Waals surface area contributed by atoms with Crippen LogP contribution in [0, 0.1) is 0 Å². The van der Waals surface area contributed by atoms with Gasteiger partial charge in [0, 0.05) is 6.20 Å². The van der Waals surface area contributed by atoms with E-state index < -0.39 is 17.0 Å². The van der Waals surface area contributed by atoms with Gasteiger partial charge in [-0.15, -0.1) is 0 Å². The molecule has 0 atom stereocenters. The molecule has 0 amide bonds. The Morgan fingerprint density at radius 3 is 2.31 bits per heavy atom. The summed E-state index contributed by atoms with van der Waals surface area (Å²) in [6.07, 6.45) is -3.88. The summed E-state index contributed by atoms with van der Waals surface area (Å²) in [6.45, 7) is 0. The van der Waals surface area contributed by atoms with Crippen molar-refractivity contribution in [2.24, 2.45) is 0 Å². The lowest BCUT2D eigenvalue weighted by Crippen LogP contribution is -2.06. The zero-order valence-electron chi connectivity index (χ0n) is 6.10. The molecule has 0 saturated heterocycles. The van der Waals surface area contributed by atoms with Gasteiger partial charge in [0.1, 0.15) is 5.69 Å². The molecule has 0 unspecified atom stereocenters. The highest BCUT2D eigenvalue weighted by Crippen LogP contribution is 2.28. The Morgan fingerprint density at radius 2 is 2.00 bits per heavy atom. The Labute approximate surface area is 76.3 Å². The molecule has 1 aromatic rings. The maximum atomic E-state index is 12.0. The largest absolute Gasteiger partial charge is 0.417 e. The van der Waals surface area contributed by atoms with Gasteiger partial charge in [0.05, 0.1) is 5.56 Å². The number of rotatable bonds is 1. The highest BCUT2D eigenvalue weighted by Gasteiger charge is 2.30. The first kappa shape index (κ1) is 9.98. The van der Waals surface area contributed by atoms with E-state index >= 15 is 0 Å². The number of hydrogen-bond acceptors (Lipinski definition) is 2. The summed E-state index contributed by atoms with van der Waals surface area (Å²) in [4.78, 5) is 13.7. The van der Waals surface area contributed by atoms with Crippen molar-refractivity contribution < 1.29 is 18.0 Å². The van der Waals surface area contributed by atoms with Crippen LogP contribution in [0.2, 0.25) is 0 Å². The van der Waals surface area contributed by atoms with E-state index in [1.165, 1.54) is 0 Å². The Hall–Kier alpha value is -1.10. The highest BCUT2D eigenvalue weighted by atomic mass is 35.5. The van der Waals surface area contributed by atoms with Crippen LogP contribution in [0.4, 0.5) is 13.2 Å². The van der Waals surface area contributed by atoms with Crippen molar-refractivity contribution in [3.63, 3.8) is 0 Å². The van der Waals surface area contributed by atoms with Gasteiger partial charge >= 0.3 is 6.18 Å². The summed E-state index contributed by atoms with van der Waals surface area (Å²) < 4.78 is 35.9. The molecule has 0 fully saturated rings. The van der Waals surface area contributed by atoms with Gasteiger partial charge in [-0.25, -0.2) is 0 Å². The zero-order chi connectivity index (χ0) is 10.1. The van der Waals surface area contributed by atoms with Gasteiger partial charge in [-0.1, -0.05) is 0 Å². The van der Waals surface area contributed by atoms with Crippen LogP contribution in [-0.2, 0) is 6.18 Å². The lowest BCUT2D eigenvalue weighted by Gasteiger charge is -2.04. The second-order valence-corrected chi connectivity index (χ2v) is 2.55. The third kappa shape index (κ3) is 2.42. The standard InChI is InChI=1S/C7H3ClF3NO/c8-6(13)5-2-1-4(3-12-5)7(9,10)11/h1-3H. The molecule has 70 valence electrons. The van der Waals surface area contributed by atoms with Crippen LogP contribution < -0.4 is 0 Å². The van der Waals surface area contributed by atoms with Crippen LogP contribution in [0.25, 0.3) is 0 Å². The van der Waals surface area contributed by atoms with Crippen molar-refractivity contribution in [2.75, 3.05) is 0 Å². The van der Waals surface area contributed by atoms with E-state index in [-0.39, 0.29) is 5.69 Å². The number of nitrogens with zero attached hydrogens (tertiary/aromatic N) is 1. The van der Waals surface area contributed by atoms with E-state index in [4.69, 9.17) is 11.6 Å². The fourth-order valence-electron chi connectivity index (χ4n) is 0.678. The number of alkyl halides is 3. The molecule has 0 bridgehead atoms. The van der Waals surface area contributed by atoms with Crippen LogP contribution in [0.15, 0.2) is 18.3 Å². The fraction of sp³-hybridized carbons (Fsp3) is 0.143. The van der Waals surface area contributed by atoms with Gasteiger partial charge in [-0.2, -0.15) is 13.2 Å². The van der Waals surface area contributed by atoms with Gasteiger partial charge in [-0.05, 0) is 23.7 Å².